The molecular formula is C17H12Cl4N4S. The fourth-order valence-corrected chi connectivity index (χ4v) is 4.02. The Bertz CT molecular complexity index is 971. The van der Waals surface area contributed by atoms with Gasteiger partial charge >= 0.3 is 0 Å². The average Bonchev–Trinajstić information content (AvgIpc) is 2.93. The summed E-state index contributed by atoms with van der Waals surface area (Å²) in [6, 6.07) is 10.6. The summed E-state index contributed by atoms with van der Waals surface area (Å²) >= 11 is 25.7. The molecule has 0 N–H and O–H groups in total. The molecule has 1 aromatic heterocycles. The highest BCUT2D eigenvalue weighted by Gasteiger charge is 2.10. The van der Waals surface area contributed by atoms with E-state index in [1.54, 1.807) is 41.2 Å². The van der Waals surface area contributed by atoms with Crippen LogP contribution in [-0.2, 0) is 5.75 Å². The monoisotopic (exact) mass is 444 g/mol. The van der Waals surface area contributed by atoms with Crippen molar-refractivity contribution < 1.29 is 0 Å². The van der Waals surface area contributed by atoms with Crippen LogP contribution in [0.5, 0.6) is 0 Å². The molecule has 0 fully saturated rings. The number of hydrogen-bond acceptors (Lipinski definition) is 4. The van der Waals surface area contributed by atoms with Crippen molar-refractivity contribution in [2.24, 2.45) is 5.10 Å². The average molecular weight is 446 g/mol. The number of hydrogen-bond donors (Lipinski definition) is 0. The van der Waals surface area contributed by atoms with Gasteiger partial charge in [-0.15, -0.1) is 10.2 Å². The van der Waals surface area contributed by atoms with Gasteiger partial charge in [-0.3, -0.25) is 0 Å². The van der Waals surface area contributed by atoms with Crippen molar-refractivity contribution in [3.63, 3.8) is 0 Å². The molecule has 3 aromatic rings. The van der Waals surface area contributed by atoms with E-state index in [1.165, 1.54) is 11.8 Å². The van der Waals surface area contributed by atoms with Crippen LogP contribution in [0.15, 0.2) is 46.7 Å². The Balaban J connectivity index is 1.79. The summed E-state index contributed by atoms with van der Waals surface area (Å²) in [7, 11) is 0. The van der Waals surface area contributed by atoms with Crippen molar-refractivity contribution in [2.75, 3.05) is 0 Å². The molecular weight excluding hydrogens is 434 g/mol. The van der Waals surface area contributed by atoms with Gasteiger partial charge in [0.2, 0.25) is 5.16 Å². The highest BCUT2D eigenvalue weighted by atomic mass is 35.5. The van der Waals surface area contributed by atoms with Crippen LogP contribution in [-0.4, -0.2) is 21.1 Å². The molecule has 0 atom stereocenters. The van der Waals surface area contributed by atoms with Gasteiger partial charge in [0.25, 0.3) is 0 Å². The number of rotatable bonds is 5. The third kappa shape index (κ3) is 4.72. The second-order valence-corrected chi connectivity index (χ2v) is 7.91. The zero-order valence-corrected chi connectivity index (χ0v) is 17.3. The maximum Gasteiger partial charge on any atom is 0.212 e. The lowest BCUT2D eigenvalue weighted by molar-refractivity contribution is 0.744. The predicted octanol–water partition coefficient (Wildman–Crippen LogP) is 6.37. The third-order valence-electron chi connectivity index (χ3n) is 3.41. The number of aromatic nitrogens is 3. The van der Waals surface area contributed by atoms with E-state index in [0.29, 0.717) is 36.8 Å². The first-order valence-corrected chi connectivity index (χ1v) is 9.92. The minimum absolute atomic E-state index is 0.522. The van der Waals surface area contributed by atoms with Crippen LogP contribution in [0, 0.1) is 6.92 Å². The zero-order chi connectivity index (χ0) is 18.7. The molecule has 0 saturated carbocycles. The van der Waals surface area contributed by atoms with Crippen LogP contribution in [0.2, 0.25) is 20.1 Å². The summed E-state index contributed by atoms with van der Waals surface area (Å²) in [6.07, 6.45) is 1.65. The Hall–Kier alpha value is -1.24. The minimum atomic E-state index is 0.522. The van der Waals surface area contributed by atoms with E-state index < -0.39 is 0 Å². The lowest BCUT2D eigenvalue weighted by atomic mass is 10.2. The summed E-state index contributed by atoms with van der Waals surface area (Å²) in [5, 5.41) is 15.7. The highest BCUT2D eigenvalue weighted by molar-refractivity contribution is 7.98. The Morgan fingerprint density at radius 3 is 2.38 bits per heavy atom. The minimum Gasteiger partial charge on any atom is -0.192 e. The quantitative estimate of drug-likeness (QED) is 0.338. The number of thioether (sulfide) groups is 1. The van der Waals surface area contributed by atoms with Crippen molar-refractivity contribution in [1.82, 2.24) is 14.9 Å². The molecule has 3 rings (SSSR count). The van der Waals surface area contributed by atoms with E-state index in [9.17, 15) is 0 Å². The highest BCUT2D eigenvalue weighted by Crippen LogP contribution is 2.28. The molecule has 0 aliphatic heterocycles. The van der Waals surface area contributed by atoms with Crippen molar-refractivity contribution in [3.05, 3.63) is 73.4 Å². The summed E-state index contributed by atoms with van der Waals surface area (Å²) < 4.78 is 1.65. The first kappa shape index (κ1) is 19.5. The van der Waals surface area contributed by atoms with Crippen molar-refractivity contribution in [3.8, 4) is 0 Å². The number of halogens is 4. The molecule has 1 heterocycles. The Labute approximate surface area is 175 Å². The van der Waals surface area contributed by atoms with Crippen molar-refractivity contribution >= 4 is 64.4 Å². The van der Waals surface area contributed by atoms with Gasteiger partial charge in [-0.1, -0.05) is 70.3 Å². The van der Waals surface area contributed by atoms with Crippen LogP contribution >= 0.6 is 58.2 Å². The molecule has 4 nitrogen and oxygen atoms in total. The first-order chi connectivity index (χ1) is 12.4. The molecule has 2 aromatic carbocycles. The third-order valence-corrected chi connectivity index (χ3v) is 5.53. The van der Waals surface area contributed by atoms with Gasteiger partial charge in [-0.2, -0.15) is 9.78 Å². The van der Waals surface area contributed by atoms with E-state index in [-0.39, 0.29) is 0 Å². The van der Waals surface area contributed by atoms with Gasteiger partial charge in [0.15, 0.2) is 5.82 Å². The van der Waals surface area contributed by atoms with E-state index in [2.05, 4.69) is 15.3 Å². The second kappa shape index (κ2) is 8.63. The Morgan fingerprint density at radius 2 is 1.69 bits per heavy atom. The molecule has 0 spiro atoms. The predicted molar refractivity (Wildman–Crippen MR) is 110 cm³/mol. The Morgan fingerprint density at radius 1 is 1.00 bits per heavy atom. The first-order valence-electron chi connectivity index (χ1n) is 7.42. The van der Waals surface area contributed by atoms with Crippen LogP contribution in [0.3, 0.4) is 0 Å². The maximum atomic E-state index is 6.22. The topological polar surface area (TPSA) is 43.1 Å². The number of nitrogens with zero attached hydrogens (tertiary/aromatic N) is 4. The van der Waals surface area contributed by atoms with Crippen molar-refractivity contribution in [2.45, 2.75) is 17.8 Å². The van der Waals surface area contributed by atoms with Gasteiger partial charge < -0.3 is 0 Å². The largest absolute Gasteiger partial charge is 0.212 e. The molecule has 26 heavy (non-hydrogen) atoms. The van der Waals surface area contributed by atoms with E-state index >= 15 is 0 Å². The number of aryl methyl sites for hydroxylation is 1. The molecule has 0 bridgehead atoms. The van der Waals surface area contributed by atoms with Crippen LogP contribution in [0.4, 0.5) is 0 Å². The molecule has 0 amide bonds. The van der Waals surface area contributed by atoms with Crippen LogP contribution < -0.4 is 0 Å². The number of benzene rings is 2. The van der Waals surface area contributed by atoms with Crippen LogP contribution in [0.1, 0.15) is 17.0 Å². The fraction of sp³-hybridized carbons (Fsp3) is 0.118. The van der Waals surface area contributed by atoms with Gasteiger partial charge in [-0.05, 0) is 36.8 Å². The summed E-state index contributed by atoms with van der Waals surface area (Å²) in [4.78, 5) is 0. The summed E-state index contributed by atoms with van der Waals surface area (Å²) in [6.45, 7) is 1.83. The molecule has 0 radical (unpaired) electrons. The molecule has 134 valence electrons. The van der Waals surface area contributed by atoms with E-state index in [0.717, 1.165) is 11.1 Å². The standard InChI is InChI=1S/C17H12Cl4N4S/c1-10-23-24-17(26-9-12-3-5-14(19)7-16(12)21)25(10)22-8-11-2-4-13(18)6-15(11)20/h2-8H,9H2,1H3/b22-8+. The van der Waals surface area contributed by atoms with Gasteiger partial charge in [0, 0.05) is 26.4 Å². The normalized spacial score (nSPS) is 11.4. The maximum absolute atomic E-state index is 6.22. The van der Waals surface area contributed by atoms with Gasteiger partial charge in [-0.25, -0.2) is 0 Å². The van der Waals surface area contributed by atoms with Crippen LogP contribution in [0.25, 0.3) is 0 Å². The van der Waals surface area contributed by atoms with E-state index in [1.807, 2.05) is 13.0 Å². The van der Waals surface area contributed by atoms with Gasteiger partial charge in [0.05, 0.1) is 11.2 Å². The smallest absolute Gasteiger partial charge is 0.192 e. The van der Waals surface area contributed by atoms with E-state index in [4.69, 9.17) is 46.4 Å². The molecule has 0 unspecified atom stereocenters. The molecule has 0 aliphatic carbocycles. The molecule has 0 aliphatic rings. The second-order valence-electron chi connectivity index (χ2n) is 5.28. The fourth-order valence-electron chi connectivity index (χ4n) is 2.07. The summed E-state index contributed by atoms with van der Waals surface area (Å²) in [5.41, 5.74) is 1.71. The lowest BCUT2D eigenvalue weighted by Gasteiger charge is -2.05. The molecule has 0 saturated heterocycles. The SMILES string of the molecule is Cc1nnc(SCc2ccc(Cl)cc2Cl)n1/N=C/c1ccc(Cl)cc1Cl. The van der Waals surface area contributed by atoms with Gasteiger partial charge in [0.1, 0.15) is 0 Å². The lowest BCUT2D eigenvalue weighted by Crippen LogP contribution is -1.97. The molecule has 9 heteroatoms. The zero-order valence-electron chi connectivity index (χ0n) is 13.5. The summed E-state index contributed by atoms with van der Waals surface area (Å²) in [5.74, 6) is 1.28. The Kier molecular flexibility index (Phi) is 6.48. The van der Waals surface area contributed by atoms with Crippen molar-refractivity contribution in [1.29, 1.82) is 0 Å².